The number of nitrogens with one attached hydrogen (secondary N) is 1. The molecule has 5 heteroatoms. The van der Waals surface area contributed by atoms with E-state index >= 15 is 0 Å². The first-order valence-corrected chi connectivity index (χ1v) is 6.04. The largest absolute Gasteiger partial charge is 0.494 e. The fourth-order valence-electron chi connectivity index (χ4n) is 1.67. The molecule has 1 atom stereocenters. The molecule has 1 aromatic carbocycles. The van der Waals surface area contributed by atoms with E-state index in [9.17, 15) is 4.39 Å². The van der Waals surface area contributed by atoms with Crippen molar-refractivity contribution in [3.8, 4) is 5.75 Å². The summed E-state index contributed by atoms with van der Waals surface area (Å²) in [6, 6.07) is 4.85. The van der Waals surface area contributed by atoms with E-state index in [-0.39, 0.29) is 17.6 Å². The van der Waals surface area contributed by atoms with Crippen LogP contribution in [0, 0.1) is 5.82 Å². The molecule has 0 aliphatic rings. The van der Waals surface area contributed by atoms with Crippen molar-refractivity contribution in [1.82, 2.24) is 10.3 Å². The first-order valence-electron chi connectivity index (χ1n) is 5.16. The predicted octanol–water partition coefficient (Wildman–Crippen LogP) is 2.60. The molecule has 3 nitrogen and oxygen atoms in total. The number of hydrogen-bond donors (Lipinski definition) is 1. The second kappa shape index (κ2) is 5.25. The van der Waals surface area contributed by atoms with Gasteiger partial charge in [0.25, 0.3) is 0 Å². The number of rotatable bonds is 4. The highest BCUT2D eigenvalue weighted by atomic mass is 32.1. The van der Waals surface area contributed by atoms with E-state index < -0.39 is 0 Å². The molecule has 2 aromatic rings. The second-order valence-electron chi connectivity index (χ2n) is 3.49. The topological polar surface area (TPSA) is 34.1 Å². The van der Waals surface area contributed by atoms with Crippen molar-refractivity contribution in [2.75, 3.05) is 14.2 Å². The minimum absolute atomic E-state index is 0.0876. The number of ether oxygens (including phenoxy) is 1. The lowest BCUT2D eigenvalue weighted by atomic mass is 10.1. The van der Waals surface area contributed by atoms with E-state index in [1.807, 2.05) is 18.5 Å². The molecule has 0 fully saturated rings. The Hall–Kier alpha value is -1.46. The Morgan fingerprint density at radius 3 is 2.82 bits per heavy atom. The Bertz CT molecular complexity index is 487. The van der Waals surface area contributed by atoms with Gasteiger partial charge in [-0.1, -0.05) is 6.07 Å². The van der Waals surface area contributed by atoms with Crippen molar-refractivity contribution in [3.05, 3.63) is 46.2 Å². The van der Waals surface area contributed by atoms with E-state index in [1.54, 1.807) is 12.3 Å². The second-order valence-corrected chi connectivity index (χ2v) is 4.41. The van der Waals surface area contributed by atoms with Gasteiger partial charge in [0.15, 0.2) is 11.6 Å². The molecule has 17 heavy (non-hydrogen) atoms. The van der Waals surface area contributed by atoms with Gasteiger partial charge in [-0.3, -0.25) is 0 Å². The van der Waals surface area contributed by atoms with Gasteiger partial charge >= 0.3 is 0 Å². The molecular weight excluding hydrogens is 239 g/mol. The summed E-state index contributed by atoms with van der Waals surface area (Å²) < 4.78 is 18.5. The summed E-state index contributed by atoms with van der Waals surface area (Å²) in [4.78, 5) is 4.24. The van der Waals surface area contributed by atoms with Crippen molar-refractivity contribution in [2.45, 2.75) is 6.04 Å². The third-order valence-corrected chi connectivity index (χ3v) is 3.34. The molecule has 1 unspecified atom stereocenters. The number of hydrogen-bond acceptors (Lipinski definition) is 4. The lowest BCUT2D eigenvalue weighted by Gasteiger charge is -2.14. The van der Waals surface area contributed by atoms with Gasteiger partial charge < -0.3 is 10.1 Å². The third kappa shape index (κ3) is 2.45. The SMILES string of the molecule is CNC(c1ccc(OC)c(F)c1)c1nccs1. The maximum absolute atomic E-state index is 13.6. The standard InChI is InChI=1S/C12H13FN2OS/c1-14-11(12-15-5-6-17-12)8-3-4-10(16-2)9(13)7-8/h3-7,11,14H,1-2H3. The lowest BCUT2D eigenvalue weighted by Crippen LogP contribution is -2.17. The van der Waals surface area contributed by atoms with Gasteiger partial charge in [-0.2, -0.15) is 0 Å². The van der Waals surface area contributed by atoms with Crippen LogP contribution in [-0.4, -0.2) is 19.1 Å². The van der Waals surface area contributed by atoms with Crippen LogP contribution in [0.4, 0.5) is 4.39 Å². The molecule has 0 amide bonds. The van der Waals surface area contributed by atoms with Crippen molar-refractivity contribution in [2.24, 2.45) is 0 Å². The molecule has 0 spiro atoms. The molecule has 2 rings (SSSR count). The van der Waals surface area contributed by atoms with E-state index in [1.165, 1.54) is 24.5 Å². The molecule has 0 saturated heterocycles. The minimum atomic E-state index is -0.359. The Morgan fingerprint density at radius 2 is 2.29 bits per heavy atom. The Kier molecular flexibility index (Phi) is 3.71. The zero-order valence-electron chi connectivity index (χ0n) is 9.61. The summed E-state index contributed by atoms with van der Waals surface area (Å²) in [5, 5.41) is 5.94. The molecule has 1 aromatic heterocycles. The highest BCUT2D eigenvalue weighted by Gasteiger charge is 2.16. The molecule has 90 valence electrons. The van der Waals surface area contributed by atoms with Crippen LogP contribution in [0.5, 0.6) is 5.75 Å². The van der Waals surface area contributed by atoms with Crippen molar-refractivity contribution >= 4 is 11.3 Å². The van der Waals surface area contributed by atoms with E-state index in [2.05, 4.69) is 10.3 Å². The van der Waals surface area contributed by atoms with Gasteiger partial charge in [0.05, 0.1) is 13.2 Å². The third-order valence-electron chi connectivity index (χ3n) is 2.50. The van der Waals surface area contributed by atoms with E-state index in [0.717, 1.165) is 10.6 Å². The number of aromatic nitrogens is 1. The lowest BCUT2D eigenvalue weighted by molar-refractivity contribution is 0.386. The smallest absolute Gasteiger partial charge is 0.165 e. The maximum Gasteiger partial charge on any atom is 0.165 e. The van der Waals surface area contributed by atoms with Crippen LogP contribution in [0.2, 0.25) is 0 Å². The Balaban J connectivity index is 2.35. The summed E-state index contributed by atoms with van der Waals surface area (Å²) in [5.41, 5.74) is 0.834. The van der Waals surface area contributed by atoms with Crippen LogP contribution in [-0.2, 0) is 0 Å². The number of thiazole rings is 1. The first kappa shape index (κ1) is 12.0. The van der Waals surface area contributed by atoms with Crippen LogP contribution in [0.1, 0.15) is 16.6 Å². The summed E-state index contributed by atoms with van der Waals surface area (Å²) in [6.07, 6.45) is 1.74. The van der Waals surface area contributed by atoms with Crippen molar-refractivity contribution < 1.29 is 9.13 Å². The average molecular weight is 252 g/mol. The van der Waals surface area contributed by atoms with Crippen LogP contribution < -0.4 is 10.1 Å². The number of halogens is 1. The molecule has 0 aliphatic heterocycles. The summed E-state index contributed by atoms with van der Waals surface area (Å²) >= 11 is 1.54. The molecular formula is C12H13FN2OS. The fourth-order valence-corrected chi connectivity index (χ4v) is 2.44. The first-order chi connectivity index (χ1) is 8.26. The van der Waals surface area contributed by atoms with Gasteiger partial charge in [0.1, 0.15) is 5.01 Å². The quantitative estimate of drug-likeness (QED) is 0.908. The number of methoxy groups -OCH3 is 1. The van der Waals surface area contributed by atoms with Crippen LogP contribution in [0.3, 0.4) is 0 Å². The molecule has 0 bridgehead atoms. The number of benzene rings is 1. The normalized spacial score (nSPS) is 12.4. The van der Waals surface area contributed by atoms with Gasteiger partial charge in [0, 0.05) is 11.6 Å². The fraction of sp³-hybridized carbons (Fsp3) is 0.250. The monoisotopic (exact) mass is 252 g/mol. The van der Waals surface area contributed by atoms with Gasteiger partial charge in [-0.15, -0.1) is 11.3 Å². The molecule has 0 saturated carbocycles. The van der Waals surface area contributed by atoms with Crippen LogP contribution >= 0.6 is 11.3 Å². The number of nitrogens with zero attached hydrogens (tertiary/aromatic N) is 1. The van der Waals surface area contributed by atoms with Crippen LogP contribution in [0.25, 0.3) is 0 Å². The van der Waals surface area contributed by atoms with Gasteiger partial charge in [0.2, 0.25) is 0 Å². The van der Waals surface area contributed by atoms with Crippen LogP contribution in [0.15, 0.2) is 29.8 Å². The van der Waals surface area contributed by atoms with Crippen molar-refractivity contribution in [1.29, 1.82) is 0 Å². The predicted molar refractivity (Wildman–Crippen MR) is 66.0 cm³/mol. The van der Waals surface area contributed by atoms with Gasteiger partial charge in [-0.05, 0) is 24.7 Å². The summed E-state index contributed by atoms with van der Waals surface area (Å²) in [5.74, 6) is -0.107. The highest BCUT2D eigenvalue weighted by molar-refractivity contribution is 7.09. The zero-order valence-corrected chi connectivity index (χ0v) is 10.4. The minimum Gasteiger partial charge on any atom is -0.494 e. The van der Waals surface area contributed by atoms with Gasteiger partial charge in [-0.25, -0.2) is 9.37 Å². The van der Waals surface area contributed by atoms with Crippen molar-refractivity contribution in [3.63, 3.8) is 0 Å². The molecule has 1 heterocycles. The molecule has 1 N–H and O–H groups in total. The average Bonchev–Trinajstić information content (AvgIpc) is 2.84. The maximum atomic E-state index is 13.6. The van der Waals surface area contributed by atoms with E-state index in [4.69, 9.17) is 4.74 Å². The molecule has 0 radical (unpaired) electrons. The highest BCUT2D eigenvalue weighted by Crippen LogP contribution is 2.27. The van der Waals surface area contributed by atoms with E-state index in [0.29, 0.717) is 0 Å². The summed E-state index contributed by atoms with van der Waals surface area (Å²) in [6.45, 7) is 0. The zero-order chi connectivity index (χ0) is 12.3. The Morgan fingerprint density at radius 1 is 1.47 bits per heavy atom. The molecule has 0 aliphatic carbocycles. The summed E-state index contributed by atoms with van der Waals surface area (Å²) in [7, 11) is 3.28. The Labute approximate surface area is 103 Å².